The van der Waals surface area contributed by atoms with Crippen molar-refractivity contribution in [2.75, 3.05) is 13.2 Å². The third-order valence-corrected chi connectivity index (χ3v) is 6.57. The Balaban J connectivity index is 2.71. The Morgan fingerprint density at radius 3 is 1.97 bits per heavy atom. The highest BCUT2D eigenvalue weighted by Crippen LogP contribution is 2.53. The average Bonchev–Trinajstić information content (AvgIpc) is 2.64. The third kappa shape index (κ3) is 5.12. The van der Waals surface area contributed by atoms with E-state index in [-0.39, 0.29) is 30.5 Å². The van der Waals surface area contributed by atoms with Crippen LogP contribution < -0.4 is 0 Å². The molecule has 0 atom stereocenters. The van der Waals surface area contributed by atoms with Crippen LogP contribution in [0.1, 0.15) is 51.3 Å². The van der Waals surface area contributed by atoms with Crippen molar-refractivity contribution in [2.45, 2.75) is 33.9 Å². The van der Waals surface area contributed by atoms with E-state index in [0.717, 1.165) is 0 Å². The summed E-state index contributed by atoms with van der Waals surface area (Å²) in [7, 11) is -3.49. The van der Waals surface area contributed by atoms with Gasteiger partial charge in [0, 0.05) is 0 Å². The minimum atomic E-state index is -3.49. The van der Waals surface area contributed by atoms with Crippen molar-refractivity contribution in [3.05, 3.63) is 58.1 Å². The fourth-order valence-electron chi connectivity index (χ4n) is 3.32. The molecule has 0 heterocycles. The minimum absolute atomic E-state index is 0.0862. The highest BCUT2D eigenvalue weighted by molar-refractivity contribution is 7.53. The Hall–Kier alpha value is -2.47. The van der Waals surface area contributed by atoms with Gasteiger partial charge in [0.2, 0.25) is 0 Å². The van der Waals surface area contributed by atoms with Gasteiger partial charge in [-0.25, -0.2) is 9.59 Å². The van der Waals surface area contributed by atoms with E-state index in [1.165, 1.54) is 12.1 Å². The lowest BCUT2D eigenvalue weighted by molar-refractivity contribution is 0.0685. The van der Waals surface area contributed by atoms with Gasteiger partial charge in [-0.1, -0.05) is 18.2 Å². The number of benzene rings is 2. The summed E-state index contributed by atoms with van der Waals surface area (Å²) >= 11 is 0. The van der Waals surface area contributed by atoms with Crippen LogP contribution in [0.25, 0.3) is 11.1 Å². The predicted octanol–water partition coefficient (Wildman–Crippen LogP) is 5.13. The van der Waals surface area contributed by atoms with Crippen LogP contribution in [0.3, 0.4) is 0 Å². The lowest BCUT2D eigenvalue weighted by atomic mass is 9.90. The summed E-state index contributed by atoms with van der Waals surface area (Å²) < 4.78 is 24.0. The van der Waals surface area contributed by atoms with Gasteiger partial charge >= 0.3 is 19.5 Å². The second-order valence-electron chi connectivity index (χ2n) is 6.51. The Morgan fingerprint density at radius 1 is 0.966 bits per heavy atom. The summed E-state index contributed by atoms with van der Waals surface area (Å²) in [5.74, 6) is -2.11. The zero-order valence-corrected chi connectivity index (χ0v) is 17.8. The van der Waals surface area contributed by atoms with Gasteiger partial charge in [-0.05, 0) is 67.6 Å². The first-order chi connectivity index (χ1) is 13.6. The first-order valence-corrected chi connectivity index (χ1v) is 10.9. The Labute approximate surface area is 169 Å². The molecule has 0 amide bonds. The molecule has 0 spiro atoms. The minimum Gasteiger partial charge on any atom is -0.478 e. The molecule has 0 unspecified atom stereocenters. The van der Waals surface area contributed by atoms with Gasteiger partial charge in [-0.2, -0.15) is 0 Å². The third-order valence-electron chi connectivity index (χ3n) is 4.57. The Morgan fingerprint density at radius 2 is 1.52 bits per heavy atom. The molecule has 0 saturated heterocycles. The van der Waals surface area contributed by atoms with Crippen molar-refractivity contribution in [1.82, 2.24) is 0 Å². The average molecular weight is 420 g/mol. The van der Waals surface area contributed by atoms with Crippen LogP contribution in [0.2, 0.25) is 0 Å². The van der Waals surface area contributed by atoms with Gasteiger partial charge in [0.25, 0.3) is 0 Å². The number of aromatic carboxylic acids is 2. The number of carboxylic acid groups (broad SMARTS) is 2. The van der Waals surface area contributed by atoms with Crippen LogP contribution >= 0.6 is 7.60 Å². The lowest BCUT2D eigenvalue weighted by Gasteiger charge is -2.22. The standard InChI is InChI=1S/C21H25O7P/c1-5-27-29(26,28-6-2)12-18-14(4)19(21(24)25)13(3)11-17(18)15-7-9-16(10-8-15)20(22)23/h7-11H,5-6,12H2,1-4H3,(H,22,23)(H,24,25). The van der Waals surface area contributed by atoms with Crippen LogP contribution in [0, 0.1) is 13.8 Å². The first kappa shape index (κ1) is 22.8. The lowest BCUT2D eigenvalue weighted by Crippen LogP contribution is -2.09. The van der Waals surface area contributed by atoms with Gasteiger partial charge in [-0.15, -0.1) is 0 Å². The molecule has 0 aliphatic rings. The Kier molecular flexibility index (Phi) is 7.36. The van der Waals surface area contributed by atoms with E-state index in [4.69, 9.17) is 14.2 Å². The number of aryl methyl sites for hydroxylation is 1. The second kappa shape index (κ2) is 9.35. The molecule has 0 radical (unpaired) electrons. The van der Waals surface area contributed by atoms with Gasteiger partial charge < -0.3 is 19.3 Å². The molecule has 2 aromatic rings. The molecule has 0 saturated carbocycles. The number of carbonyl (C=O) groups is 2. The molecular formula is C21H25O7P. The zero-order chi connectivity index (χ0) is 21.8. The number of hydrogen-bond acceptors (Lipinski definition) is 5. The molecule has 7 nitrogen and oxygen atoms in total. The molecule has 0 fully saturated rings. The van der Waals surface area contributed by atoms with Crippen molar-refractivity contribution in [3.8, 4) is 11.1 Å². The molecular weight excluding hydrogens is 395 g/mol. The van der Waals surface area contributed by atoms with Crippen LogP contribution in [0.15, 0.2) is 30.3 Å². The fraction of sp³-hybridized carbons (Fsp3) is 0.333. The number of rotatable bonds is 9. The second-order valence-corrected chi connectivity index (χ2v) is 8.57. The van der Waals surface area contributed by atoms with Gasteiger partial charge in [-0.3, -0.25) is 4.57 Å². The summed E-state index contributed by atoms with van der Waals surface area (Å²) in [6, 6.07) is 7.95. The maximum atomic E-state index is 13.2. The summed E-state index contributed by atoms with van der Waals surface area (Å²) in [5, 5.41) is 18.8. The summed E-state index contributed by atoms with van der Waals surface area (Å²) in [6.07, 6.45) is -0.0862. The van der Waals surface area contributed by atoms with Gasteiger partial charge in [0.1, 0.15) is 0 Å². The van der Waals surface area contributed by atoms with Crippen LogP contribution in [-0.4, -0.2) is 35.4 Å². The van der Waals surface area contributed by atoms with Gasteiger partial charge in [0.15, 0.2) is 0 Å². The molecule has 2 N–H and O–H groups in total. The molecule has 2 aromatic carbocycles. The monoisotopic (exact) mass is 420 g/mol. The molecule has 0 aromatic heterocycles. The molecule has 29 heavy (non-hydrogen) atoms. The van der Waals surface area contributed by atoms with Crippen molar-refractivity contribution < 1.29 is 33.4 Å². The van der Waals surface area contributed by atoms with E-state index < -0.39 is 19.5 Å². The topological polar surface area (TPSA) is 110 Å². The van der Waals surface area contributed by atoms with Crippen molar-refractivity contribution >= 4 is 19.5 Å². The molecule has 0 aliphatic heterocycles. The van der Waals surface area contributed by atoms with E-state index in [1.54, 1.807) is 45.9 Å². The van der Waals surface area contributed by atoms with Crippen molar-refractivity contribution in [3.63, 3.8) is 0 Å². The van der Waals surface area contributed by atoms with Crippen LogP contribution in [0.4, 0.5) is 0 Å². The summed E-state index contributed by atoms with van der Waals surface area (Å²) in [5.41, 5.74) is 3.22. The normalized spacial score (nSPS) is 11.4. The first-order valence-electron chi connectivity index (χ1n) is 9.21. The predicted molar refractivity (Wildman–Crippen MR) is 110 cm³/mol. The highest BCUT2D eigenvalue weighted by atomic mass is 31.2. The fourth-order valence-corrected chi connectivity index (χ4v) is 5.16. The van der Waals surface area contributed by atoms with Crippen LogP contribution in [0.5, 0.6) is 0 Å². The number of carboxylic acids is 2. The molecule has 8 heteroatoms. The SMILES string of the molecule is CCOP(=O)(Cc1c(-c2ccc(C(=O)O)cc2)cc(C)c(C(=O)O)c1C)OCC. The quantitative estimate of drug-likeness (QED) is 0.541. The van der Waals surface area contributed by atoms with Crippen molar-refractivity contribution in [1.29, 1.82) is 0 Å². The maximum Gasteiger partial charge on any atom is 0.336 e. The van der Waals surface area contributed by atoms with Gasteiger partial charge in [0.05, 0.1) is 30.5 Å². The van der Waals surface area contributed by atoms with E-state index in [9.17, 15) is 19.3 Å². The number of hydrogen-bond donors (Lipinski definition) is 2. The maximum absolute atomic E-state index is 13.2. The smallest absolute Gasteiger partial charge is 0.336 e. The largest absolute Gasteiger partial charge is 0.478 e. The molecule has 0 aliphatic carbocycles. The zero-order valence-electron chi connectivity index (χ0n) is 16.9. The van der Waals surface area contributed by atoms with E-state index in [2.05, 4.69) is 0 Å². The van der Waals surface area contributed by atoms with E-state index >= 15 is 0 Å². The summed E-state index contributed by atoms with van der Waals surface area (Å²) in [4.78, 5) is 22.9. The molecule has 0 bridgehead atoms. The van der Waals surface area contributed by atoms with Crippen LogP contribution in [-0.2, 0) is 19.8 Å². The molecule has 2 rings (SSSR count). The highest BCUT2D eigenvalue weighted by Gasteiger charge is 2.29. The van der Waals surface area contributed by atoms with E-state index in [0.29, 0.717) is 27.8 Å². The van der Waals surface area contributed by atoms with E-state index in [1.807, 2.05) is 0 Å². The summed E-state index contributed by atoms with van der Waals surface area (Å²) in [6.45, 7) is 7.17. The van der Waals surface area contributed by atoms with Crippen molar-refractivity contribution in [2.24, 2.45) is 0 Å². The molecule has 156 valence electrons. The Bertz CT molecular complexity index is 954.